The van der Waals surface area contributed by atoms with Gasteiger partial charge in [0, 0.05) is 24.9 Å². The van der Waals surface area contributed by atoms with Crippen LogP contribution in [0.4, 0.5) is 5.69 Å². The minimum atomic E-state index is -3.09. The first-order chi connectivity index (χ1) is 7.00. The quantitative estimate of drug-likeness (QED) is 0.658. The molecule has 0 amide bonds. The molecule has 84 valence electrons. The van der Waals surface area contributed by atoms with E-state index in [4.69, 9.17) is 26.4 Å². The Balaban J connectivity index is 2.98. The number of anilines is 1. The molecule has 6 heteroatoms. The Labute approximate surface area is 93.9 Å². The largest absolute Gasteiger partial charge is 0.398 e. The monoisotopic (exact) mass is 249 g/mol. The van der Waals surface area contributed by atoms with E-state index in [0.29, 0.717) is 16.3 Å². The van der Waals surface area contributed by atoms with Crippen LogP contribution in [0.15, 0.2) is 18.2 Å². The average Bonchev–Trinajstić information content (AvgIpc) is 2.23. The number of hydrogen-bond acceptors (Lipinski definition) is 4. The Hall–Kier alpha value is -0.540. The number of nitrogens with two attached hydrogens (primary N) is 1. The van der Waals surface area contributed by atoms with Crippen molar-refractivity contribution < 1.29 is 13.6 Å². The standard InChI is InChI=1S/C9H13ClNO3P/c1-13-15(12,14-2)6-7-5-8(10)3-4-9(7)11/h3-5H,6,11H2,1-2H3. The van der Waals surface area contributed by atoms with Gasteiger partial charge in [0.2, 0.25) is 0 Å². The minimum absolute atomic E-state index is 0.117. The maximum absolute atomic E-state index is 11.8. The van der Waals surface area contributed by atoms with Crippen LogP contribution >= 0.6 is 19.2 Å². The molecule has 0 saturated carbocycles. The van der Waals surface area contributed by atoms with Crippen molar-refractivity contribution in [2.45, 2.75) is 6.16 Å². The summed E-state index contributed by atoms with van der Waals surface area (Å²) < 4.78 is 21.5. The molecule has 0 atom stereocenters. The first-order valence-corrected chi connectivity index (χ1v) is 6.36. The fourth-order valence-electron chi connectivity index (χ4n) is 1.12. The summed E-state index contributed by atoms with van der Waals surface area (Å²) in [7, 11) is -0.412. The van der Waals surface area contributed by atoms with Gasteiger partial charge in [0.25, 0.3) is 0 Å². The topological polar surface area (TPSA) is 61.5 Å². The van der Waals surface area contributed by atoms with Crippen LogP contribution in [0.3, 0.4) is 0 Å². The number of nitrogen functional groups attached to an aromatic ring is 1. The smallest absolute Gasteiger partial charge is 0.334 e. The lowest BCUT2D eigenvalue weighted by Gasteiger charge is -2.14. The third-order valence-electron chi connectivity index (χ3n) is 2.03. The van der Waals surface area contributed by atoms with E-state index in [1.54, 1.807) is 18.2 Å². The van der Waals surface area contributed by atoms with E-state index in [-0.39, 0.29) is 6.16 Å². The Bertz CT molecular complexity index is 389. The van der Waals surface area contributed by atoms with Gasteiger partial charge in [0.05, 0.1) is 6.16 Å². The van der Waals surface area contributed by atoms with E-state index in [2.05, 4.69) is 0 Å². The van der Waals surface area contributed by atoms with Gasteiger partial charge in [-0.3, -0.25) is 4.57 Å². The predicted octanol–water partition coefficient (Wildman–Crippen LogP) is 2.91. The Morgan fingerprint density at radius 2 is 2.00 bits per heavy atom. The molecule has 1 aromatic rings. The fraction of sp³-hybridized carbons (Fsp3) is 0.333. The molecule has 15 heavy (non-hydrogen) atoms. The van der Waals surface area contributed by atoms with Crippen LogP contribution in [0, 0.1) is 0 Å². The molecular formula is C9H13ClNO3P. The number of benzene rings is 1. The molecule has 0 aromatic heterocycles. The summed E-state index contributed by atoms with van der Waals surface area (Å²) in [6.07, 6.45) is 0.117. The van der Waals surface area contributed by atoms with Crippen molar-refractivity contribution in [3.8, 4) is 0 Å². The molecule has 0 radical (unpaired) electrons. The van der Waals surface area contributed by atoms with Gasteiger partial charge in [-0.25, -0.2) is 0 Å². The summed E-state index contributed by atoms with van der Waals surface area (Å²) in [5.74, 6) is 0. The van der Waals surface area contributed by atoms with Gasteiger partial charge >= 0.3 is 7.60 Å². The van der Waals surface area contributed by atoms with Gasteiger partial charge < -0.3 is 14.8 Å². The van der Waals surface area contributed by atoms with Crippen molar-refractivity contribution in [1.29, 1.82) is 0 Å². The van der Waals surface area contributed by atoms with Crippen LogP contribution < -0.4 is 5.73 Å². The second-order valence-electron chi connectivity index (χ2n) is 2.98. The van der Waals surface area contributed by atoms with Crippen LogP contribution in [0.5, 0.6) is 0 Å². The third kappa shape index (κ3) is 3.21. The highest BCUT2D eigenvalue weighted by molar-refractivity contribution is 7.52. The number of halogens is 1. The Morgan fingerprint density at radius 3 is 2.53 bits per heavy atom. The zero-order valence-electron chi connectivity index (χ0n) is 8.57. The van der Waals surface area contributed by atoms with Crippen molar-refractivity contribution in [2.24, 2.45) is 0 Å². The van der Waals surface area contributed by atoms with Crippen LogP contribution in [-0.2, 0) is 19.8 Å². The van der Waals surface area contributed by atoms with Gasteiger partial charge in [-0.1, -0.05) is 11.6 Å². The van der Waals surface area contributed by atoms with Crippen molar-refractivity contribution >= 4 is 24.9 Å². The average molecular weight is 250 g/mol. The van der Waals surface area contributed by atoms with Crippen LogP contribution in [0.25, 0.3) is 0 Å². The summed E-state index contributed by atoms with van der Waals surface area (Å²) >= 11 is 5.81. The highest BCUT2D eigenvalue weighted by atomic mass is 35.5. The van der Waals surface area contributed by atoms with Crippen molar-refractivity contribution in [2.75, 3.05) is 20.0 Å². The van der Waals surface area contributed by atoms with Gasteiger partial charge in [0.15, 0.2) is 0 Å². The van der Waals surface area contributed by atoms with E-state index in [0.717, 1.165) is 0 Å². The van der Waals surface area contributed by atoms with E-state index >= 15 is 0 Å². The molecule has 2 N–H and O–H groups in total. The highest BCUT2D eigenvalue weighted by Crippen LogP contribution is 2.50. The van der Waals surface area contributed by atoms with E-state index in [9.17, 15) is 4.57 Å². The lowest BCUT2D eigenvalue weighted by molar-refractivity contribution is 0.275. The zero-order chi connectivity index (χ0) is 11.5. The second kappa shape index (κ2) is 4.99. The fourth-order valence-corrected chi connectivity index (χ4v) is 2.42. The molecule has 0 saturated heterocycles. The predicted molar refractivity (Wildman–Crippen MR) is 61.2 cm³/mol. The summed E-state index contributed by atoms with van der Waals surface area (Å²) in [5.41, 5.74) is 6.90. The number of hydrogen-bond donors (Lipinski definition) is 1. The highest BCUT2D eigenvalue weighted by Gasteiger charge is 2.22. The minimum Gasteiger partial charge on any atom is -0.398 e. The summed E-state index contributed by atoms with van der Waals surface area (Å²) in [5, 5.41) is 0.540. The van der Waals surface area contributed by atoms with E-state index in [1.807, 2.05) is 0 Å². The van der Waals surface area contributed by atoms with Crippen molar-refractivity contribution in [1.82, 2.24) is 0 Å². The van der Waals surface area contributed by atoms with Gasteiger partial charge in [-0.15, -0.1) is 0 Å². The summed E-state index contributed by atoms with van der Waals surface area (Å²) in [6.45, 7) is 0. The molecule has 0 spiro atoms. The molecule has 0 fully saturated rings. The van der Waals surface area contributed by atoms with Gasteiger partial charge in [0.1, 0.15) is 0 Å². The molecule has 0 bridgehead atoms. The van der Waals surface area contributed by atoms with Gasteiger partial charge in [-0.2, -0.15) is 0 Å². The maximum atomic E-state index is 11.8. The lowest BCUT2D eigenvalue weighted by atomic mass is 10.2. The molecule has 0 aliphatic heterocycles. The Kier molecular flexibility index (Phi) is 4.17. The zero-order valence-corrected chi connectivity index (χ0v) is 10.2. The van der Waals surface area contributed by atoms with E-state index in [1.165, 1.54) is 14.2 Å². The summed E-state index contributed by atoms with van der Waals surface area (Å²) in [6, 6.07) is 4.99. The van der Waals surface area contributed by atoms with Crippen molar-refractivity contribution in [3.63, 3.8) is 0 Å². The lowest BCUT2D eigenvalue weighted by Crippen LogP contribution is -1.98. The first-order valence-electron chi connectivity index (χ1n) is 4.25. The molecule has 0 heterocycles. The Morgan fingerprint density at radius 1 is 1.40 bits per heavy atom. The molecular weight excluding hydrogens is 237 g/mol. The third-order valence-corrected chi connectivity index (χ3v) is 4.10. The van der Waals surface area contributed by atoms with Crippen LogP contribution in [-0.4, -0.2) is 14.2 Å². The summed E-state index contributed by atoms with van der Waals surface area (Å²) in [4.78, 5) is 0. The number of rotatable bonds is 4. The molecule has 1 rings (SSSR count). The molecule has 0 aliphatic carbocycles. The molecule has 4 nitrogen and oxygen atoms in total. The normalized spacial score (nSPS) is 11.7. The van der Waals surface area contributed by atoms with E-state index < -0.39 is 7.60 Å². The molecule has 0 aliphatic rings. The second-order valence-corrected chi connectivity index (χ2v) is 5.68. The van der Waals surface area contributed by atoms with Crippen LogP contribution in [0.1, 0.15) is 5.56 Å². The van der Waals surface area contributed by atoms with Crippen LogP contribution in [0.2, 0.25) is 5.02 Å². The SMILES string of the molecule is COP(=O)(Cc1cc(Cl)ccc1N)OC. The molecule has 0 unspecified atom stereocenters. The van der Waals surface area contributed by atoms with Gasteiger partial charge in [-0.05, 0) is 23.8 Å². The maximum Gasteiger partial charge on any atom is 0.334 e. The molecule has 1 aromatic carbocycles. The first kappa shape index (κ1) is 12.5. The van der Waals surface area contributed by atoms with Crippen molar-refractivity contribution in [3.05, 3.63) is 28.8 Å².